The predicted octanol–water partition coefficient (Wildman–Crippen LogP) is 3.14. The van der Waals surface area contributed by atoms with Gasteiger partial charge in [0.1, 0.15) is 0 Å². The van der Waals surface area contributed by atoms with E-state index in [1.165, 1.54) is 37.2 Å². The summed E-state index contributed by atoms with van der Waals surface area (Å²) in [6, 6.07) is 1.61. The lowest BCUT2D eigenvalue weighted by Gasteiger charge is -2.24. The molecule has 1 saturated carbocycles. The van der Waals surface area contributed by atoms with Crippen LogP contribution in [0.1, 0.15) is 39.5 Å². The van der Waals surface area contributed by atoms with Crippen molar-refractivity contribution in [3.05, 3.63) is 0 Å². The Hall–Kier alpha value is 0.660. The molecule has 88 valence electrons. The van der Waals surface area contributed by atoms with Gasteiger partial charge in [-0.2, -0.15) is 23.5 Å². The van der Waals surface area contributed by atoms with Gasteiger partial charge < -0.3 is 5.32 Å². The van der Waals surface area contributed by atoms with Crippen LogP contribution in [0.15, 0.2) is 0 Å². The van der Waals surface area contributed by atoms with E-state index < -0.39 is 0 Å². The van der Waals surface area contributed by atoms with E-state index in [2.05, 4.69) is 42.7 Å². The van der Waals surface area contributed by atoms with Crippen molar-refractivity contribution in [3.8, 4) is 0 Å². The minimum Gasteiger partial charge on any atom is -0.309 e. The van der Waals surface area contributed by atoms with Gasteiger partial charge in [-0.15, -0.1) is 0 Å². The normalized spacial score (nSPS) is 41.2. The molecule has 2 aliphatic rings. The van der Waals surface area contributed by atoms with E-state index in [9.17, 15) is 0 Å². The molecule has 0 radical (unpaired) electrons. The van der Waals surface area contributed by atoms with Gasteiger partial charge in [-0.3, -0.25) is 0 Å². The van der Waals surface area contributed by atoms with E-state index in [0.717, 1.165) is 22.6 Å². The second-order valence-corrected chi connectivity index (χ2v) is 7.76. The van der Waals surface area contributed by atoms with Crippen molar-refractivity contribution in [2.75, 3.05) is 11.5 Å². The molecule has 1 N–H and O–H groups in total. The Morgan fingerprint density at radius 1 is 1.40 bits per heavy atom. The van der Waals surface area contributed by atoms with E-state index in [1.54, 1.807) is 0 Å². The summed E-state index contributed by atoms with van der Waals surface area (Å²) in [5.74, 6) is 2.61. The Labute approximate surface area is 103 Å². The first-order valence-corrected chi connectivity index (χ1v) is 8.38. The lowest BCUT2D eigenvalue weighted by atomic mass is 10.1. The van der Waals surface area contributed by atoms with Gasteiger partial charge in [-0.1, -0.05) is 20.3 Å². The molecule has 0 bridgehead atoms. The van der Waals surface area contributed by atoms with Gasteiger partial charge in [0.25, 0.3) is 0 Å². The van der Waals surface area contributed by atoms with Crippen molar-refractivity contribution < 1.29 is 0 Å². The average Bonchev–Trinajstić information content (AvgIpc) is 2.78. The third-order valence-corrected chi connectivity index (χ3v) is 6.16. The van der Waals surface area contributed by atoms with Crippen LogP contribution in [0.5, 0.6) is 0 Å². The van der Waals surface area contributed by atoms with Crippen molar-refractivity contribution in [3.63, 3.8) is 0 Å². The van der Waals surface area contributed by atoms with Crippen LogP contribution in [0.2, 0.25) is 0 Å². The molecule has 0 amide bonds. The topological polar surface area (TPSA) is 12.0 Å². The van der Waals surface area contributed by atoms with Crippen LogP contribution in [0.25, 0.3) is 0 Å². The van der Waals surface area contributed by atoms with Crippen molar-refractivity contribution >= 4 is 23.5 Å². The van der Waals surface area contributed by atoms with Crippen LogP contribution in [-0.4, -0.2) is 34.1 Å². The molecule has 4 unspecified atom stereocenters. The second kappa shape index (κ2) is 5.83. The number of hydrogen-bond donors (Lipinski definition) is 1. The summed E-state index contributed by atoms with van der Waals surface area (Å²) in [5, 5.41) is 5.68. The quantitative estimate of drug-likeness (QED) is 0.817. The molecule has 1 aliphatic carbocycles. The number of hydrogen-bond acceptors (Lipinski definition) is 3. The standard InChI is InChI=1S/C12H23NS2/c1-3-14-12-6-4-5-11(12)13-10-7-9(2)15-8-10/h9-13H,3-8H2,1-2H3. The minimum absolute atomic E-state index is 0.799. The van der Waals surface area contributed by atoms with Gasteiger partial charge in [0.2, 0.25) is 0 Å². The largest absolute Gasteiger partial charge is 0.309 e. The van der Waals surface area contributed by atoms with Crippen molar-refractivity contribution in [1.82, 2.24) is 5.32 Å². The highest BCUT2D eigenvalue weighted by Crippen LogP contribution is 2.32. The molecule has 2 rings (SSSR count). The highest BCUT2D eigenvalue weighted by atomic mass is 32.2. The van der Waals surface area contributed by atoms with Crippen LogP contribution >= 0.6 is 23.5 Å². The summed E-state index contributed by atoms with van der Waals surface area (Å²) in [6.45, 7) is 4.65. The van der Waals surface area contributed by atoms with E-state index >= 15 is 0 Å². The highest BCUT2D eigenvalue weighted by molar-refractivity contribution is 8.00. The molecule has 3 heteroatoms. The molecule has 4 atom stereocenters. The van der Waals surface area contributed by atoms with Crippen LogP contribution in [0, 0.1) is 0 Å². The summed E-state index contributed by atoms with van der Waals surface area (Å²) < 4.78 is 0. The van der Waals surface area contributed by atoms with Crippen molar-refractivity contribution in [1.29, 1.82) is 0 Å². The van der Waals surface area contributed by atoms with Crippen LogP contribution in [-0.2, 0) is 0 Å². The van der Waals surface area contributed by atoms with E-state index in [-0.39, 0.29) is 0 Å². The maximum absolute atomic E-state index is 3.90. The van der Waals surface area contributed by atoms with E-state index in [4.69, 9.17) is 0 Å². The summed E-state index contributed by atoms with van der Waals surface area (Å²) in [5.41, 5.74) is 0. The zero-order chi connectivity index (χ0) is 10.7. The zero-order valence-electron chi connectivity index (χ0n) is 9.87. The molecular weight excluding hydrogens is 222 g/mol. The molecule has 1 saturated heterocycles. The summed E-state index contributed by atoms with van der Waals surface area (Å²) in [4.78, 5) is 0. The summed E-state index contributed by atoms with van der Waals surface area (Å²) in [7, 11) is 0. The fourth-order valence-electron chi connectivity index (χ4n) is 2.77. The van der Waals surface area contributed by atoms with Crippen LogP contribution in [0.4, 0.5) is 0 Å². The first-order chi connectivity index (χ1) is 7.29. The lowest BCUT2D eigenvalue weighted by molar-refractivity contribution is 0.452. The van der Waals surface area contributed by atoms with Crippen LogP contribution in [0.3, 0.4) is 0 Å². The van der Waals surface area contributed by atoms with Crippen molar-refractivity contribution in [2.24, 2.45) is 0 Å². The number of rotatable bonds is 4. The molecular formula is C12H23NS2. The predicted molar refractivity (Wildman–Crippen MR) is 73.0 cm³/mol. The van der Waals surface area contributed by atoms with Crippen LogP contribution < -0.4 is 5.32 Å². The van der Waals surface area contributed by atoms with Gasteiger partial charge in [0.15, 0.2) is 0 Å². The van der Waals surface area contributed by atoms with Gasteiger partial charge in [0, 0.05) is 28.3 Å². The van der Waals surface area contributed by atoms with Gasteiger partial charge >= 0.3 is 0 Å². The molecule has 0 spiro atoms. The maximum atomic E-state index is 3.90. The monoisotopic (exact) mass is 245 g/mol. The Morgan fingerprint density at radius 2 is 2.27 bits per heavy atom. The van der Waals surface area contributed by atoms with Crippen molar-refractivity contribution in [2.45, 2.75) is 62.1 Å². The Bertz CT molecular complexity index is 198. The second-order valence-electron chi connectivity index (χ2n) is 4.77. The molecule has 1 aliphatic heterocycles. The smallest absolute Gasteiger partial charge is 0.0201 e. The fraction of sp³-hybridized carbons (Fsp3) is 1.00. The third-order valence-electron chi connectivity index (χ3n) is 3.48. The number of nitrogens with one attached hydrogen (secondary N) is 1. The molecule has 2 fully saturated rings. The fourth-order valence-corrected chi connectivity index (χ4v) is 5.14. The summed E-state index contributed by atoms with van der Waals surface area (Å²) >= 11 is 4.30. The minimum atomic E-state index is 0.799. The Kier molecular flexibility index (Phi) is 4.71. The Balaban J connectivity index is 1.77. The summed E-state index contributed by atoms with van der Waals surface area (Å²) in [6.07, 6.45) is 5.66. The average molecular weight is 245 g/mol. The third kappa shape index (κ3) is 3.31. The Morgan fingerprint density at radius 3 is 2.93 bits per heavy atom. The molecule has 0 aromatic heterocycles. The highest BCUT2D eigenvalue weighted by Gasteiger charge is 2.31. The molecule has 1 heterocycles. The van der Waals surface area contributed by atoms with Gasteiger partial charge in [0.05, 0.1) is 0 Å². The molecule has 0 aromatic carbocycles. The van der Waals surface area contributed by atoms with Gasteiger partial charge in [-0.05, 0) is 25.0 Å². The molecule has 0 aromatic rings. The first-order valence-electron chi connectivity index (χ1n) is 6.29. The van der Waals surface area contributed by atoms with Gasteiger partial charge in [-0.25, -0.2) is 0 Å². The maximum Gasteiger partial charge on any atom is 0.0201 e. The van der Waals surface area contributed by atoms with E-state index in [0.29, 0.717) is 0 Å². The van der Waals surface area contributed by atoms with E-state index in [1.807, 2.05) is 0 Å². The zero-order valence-corrected chi connectivity index (χ0v) is 11.5. The first kappa shape index (κ1) is 12.1. The number of thioether (sulfide) groups is 2. The lowest BCUT2D eigenvalue weighted by Crippen LogP contribution is -2.41. The molecule has 1 nitrogen and oxygen atoms in total. The molecule has 15 heavy (non-hydrogen) atoms. The SMILES string of the molecule is CCSC1CCCC1NC1CSC(C)C1.